The molecule has 50 heavy (non-hydrogen) atoms. The average molecular weight is 691 g/mol. The molecule has 0 saturated carbocycles. The maximum absolute atomic E-state index is 4.10. The van der Waals surface area contributed by atoms with Gasteiger partial charge in [-0.05, 0) is 124 Å². The third kappa shape index (κ3) is 6.90. The lowest BCUT2D eigenvalue weighted by Crippen LogP contribution is -2.29. The number of rotatable bonds is 4. The second kappa shape index (κ2) is 14.2. The summed E-state index contributed by atoms with van der Waals surface area (Å²) in [6, 6.07) is 46.8. The molecule has 1 heterocycles. The average Bonchev–Trinajstić information content (AvgIpc) is 3.08. The van der Waals surface area contributed by atoms with E-state index in [1.165, 1.54) is 88.0 Å². The fourth-order valence-corrected chi connectivity index (χ4v) is 11.8. The third-order valence-corrected chi connectivity index (χ3v) is 14.9. The molecule has 0 saturated heterocycles. The van der Waals surface area contributed by atoms with Crippen LogP contribution >= 0.6 is 15.8 Å². The predicted molar refractivity (Wildman–Crippen MR) is 224 cm³/mol. The van der Waals surface area contributed by atoms with Crippen LogP contribution in [0.4, 0.5) is 22.7 Å². The highest BCUT2D eigenvalue weighted by Crippen LogP contribution is 2.44. The van der Waals surface area contributed by atoms with Crippen molar-refractivity contribution in [1.82, 2.24) is 0 Å². The normalized spacial score (nSPS) is 15.5. The van der Waals surface area contributed by atoms with Crippen LogP contribution in [0.25, 0.3) is 0 Å². The summed E-state index contributed by atoms with van der Waals surface area (Å²) in [7, 11) is -1.85. The first kappa shape index (κ1) is 34.2. The number of hydrogen-bond acceptors (Lipinski definition) is 2. The highest BCUT2D eigenvalue weighted by atomic mass is 31.1. The van der Waals surface area contributed by atoms with E-state index in [2.05, 4.69) is 187 Å². The van der Waals surface area contributed by atoms with Gasteiger partial charge >= 0.3 is 0 Å². The molecule has 1 aliphatic rings. The van der Waals surface area contributed by atoms with Gasteiger partial charge < -0.3 is 10.6 Å². The Morgan fingerprint density at radius 2 is 0.620 bits per heavy atom. The van der Waals surface area contributed by atoms with Crippen LogP contribution in [0.5, 0.6) is 0 Å². The van der Waals surface area contributed by atoms with E-state index in [0.717, 1.165) is 0 Å². The second-order valence-electron chi connectivity index (χ2n) is 14.5. The maximum Gasteiger partial charge on any atom is 0.0471 e. The Hall–Kier alpha value is -4.22. The highest BCUT2D eigenvalue weighted by molar-refractivity contribution is 7.81. The first-order valence-corrected chi connectivity index (χ1v) is 20.5. The summed E-state index contributed by atoms with van der Waals surface area (Å²) in [5.74, 6) is 0.967. The van der Waals surface area contributed by atoms with E-state index >= 15 is 0 Å². The largest absolute Gasteiger partial charge is 0.354 e. The molecule has 2 N–H and O–H groups in total. The molecule has 0 spiro atoms. The predicted octanol–water partition coefficient (Wildman–Crippen LogP) is 10.5. The minimum absolute atomic E-state index is 0.484. The fraction of sp³-hybridized carbons (Fsp3) is 0.217. The van der Waals surface area contributed by atoms with E-state index in [0.29, 0.717) is 11.8 Å². The molecule has 0 bridgehead atoms. The summed E-state index contributed by atoms with van der Waals surface area (Å²) in [6.45, 7) is 17.9. The van der Waals surface area contributed by atoms with Crippen molar-refractivity contribution in [3.8, 4) is 0 Å². The van der Waals surface area contributed by atoms with Gasteiger partial charge in [0.05, 0.1) is 0 Å². The molecular formula is C46H48N2P2. The fourth-order valence-electron chi connectivity index (χ4n) is 6.90. The Morgan fingerprint density at radius 1 is 0.360 bits per heavy atom. The number of benzene rings is 6. The van der Waals surface area contributed by atoms with Gasteiger partial charge in [0.15, 0.2) is 0 Å². The number of aryl methyl sites for hydroxylation is 4. The van der Waals surface area contributed by atoms with Gasteiger partial charge in [-0.2, -0.15) is 0 Å². The lowest BCUT2D eigenvalue weighted by molar-refractivity contribution is 0.867. The van der Waals surface area contributed by atoms with Gasteiger partial charge in [-0.15, -0.1) is 0 Å². The maximum atomic E-state index is 4.10. The summed E-state index contributed by atoms with van der Waals surface area (Å²) in [5, 5.41) is 16.2. The summed E-state index contributed by atoms with van der Waals surface area (Å²) in [5.41, 5.74) is 12.4. The molecule has 0 atom stereocenters. The molecule has 6 aromatic rings. The Balaban J connectivity index is 1.55. The molecule has 7 rings (SSSR count). The number of anilines is 4. The smallest absolute Gasteiger partial charge is 0.0471 e. The van der Waals surface area contributed by atoms with Crippen molar-refractivity contribution in [2.75, 3.05) is 10.6 Å². The SMILES string of the molecule is Cc1ccc2c(c1)Nc1cc(C)ccc1P(c1ccc(C(C)C)cc1)c1ccc(C)cc1Nc1cc(C)ccc1P2c1ccc(C(C)C)cc1. The Bertz CT molecular complexity index is 1900. The lowest BCUT2D eigenvalue weighted by atomic mass is 10.0. The first-order chi connectivity index (χ1) is 24.0. The monoisotopic (exact) mass is 690 g/mol. The molecule has 0 amide bonds. The quantitative estimate of drug-likeness (QED) is 0.180. The molecule has 1 aliphatic heterocycles. The minimum atomic E-state index is -0.927. The van der Waals surface area contributed by atoms with Gasteiger partial charge in [-0.1, -0.05) is 125 Å². The molecule has 0 fully saturated rings. The van der Waals surface area contributed by atoms with Crippen LogP contribution in [0.3, 0.4) is 0 Å². The van der Waals surface area contributed by atoms with E-state index in [1.807, 2.05) is 0 Å². The number of hydrogen-bond donors (Lipinski definition) is 2. The van der Waals surface area contributed by atoms with Crippen LogP contribution in [-0.4, -0.2) is 0 Å². The first-order valence-electron chi connectivity index (χ1n) is 17.8. The zero-order chi connectivity index (χ0) is 35.1. The van der Waals surface area contributed by atoms with Crippen LogP contribution in [-0.2, 0) is 0 Å². The van der Waals surface area contributed by atoms with Gasteiger partial charge in [-0.25, -0.2) is 0 Å². The Kier molecular flexibility index (Phi) is 9.72. The molecule has 0 unspecified atom stereocenters. The summed E-state index contributed by atoms with van der Waals surface area (Å²) in [4.78, 5) is 0. The van der Waals surface area contributed by atoms with Crippen molar-refractivity contribution in [3.63, 3.8) is 0 Å². The molecule has 252 valence electrons. The van der Waals surface area contributed by atoms with E-state index in [4.69, 9.17) is 0 Å². The summed E-state index contributed by atoms with van der Waals surface area (Å²) >= 11 is 0. The van der Waals surface area contributed by atoms with Crippen molar-refractivity contribution in [1.29, 1.82) is 0 Å². The van der Waals surface area contributed by atoms with Gasteiger partial charge in [0.1, 0.15) is 0 Å². The standard InChI is InChI=1S/C46H48N2P2/c1-29(2)35-13-17-37(18-14-35)49-43-21-9-31(5)25-39(43)47-41-27-33(7)11-23-45(41)50(38-19-15-36(16-20-38)30(3)4)46-24-12-34(8)28-42(46)48-40-26-32(6)10-22-44(40)49/h9-30,47-48H,1-8H3. The molecule has 0 radical (unpaired) electrons. The number of nitrogens with one attached hydrogen (secondary N) is 2. The topological polar surface area (TPSA) is 24.1 Å². The van der Waals surface area contributed by atoms with Gasteiger partial charge in [-0.3, -0.25) is 0 Å². The van der Waals surface area contributed by atoms with Crippen LogP contribution < -0.4 is 42.5 Å². The number of fused-ring (bicyclic) bond motifs is 4. The van der Waals surface area contributed by atoms with Crippen LogP contribution in [0, 0.1) is 27.7 Å². The van der Waals surface area contributed by atoms with E-state index in [9.17, 15) is 0 Å². The van der Waals surface area contributed by atoms with Gasteiger partial charge in [0, 0.05) is 44.0 Å². The van der Waals surface area contributed by atoms with Crippen molar-refractivity contribution >= 4 is 70.4 Å². The molecule has 0 aliphatic carbocycles. The summed E-state index contributed by atoms with van der Waals surface area (Å²) in [6.07, 6.45) is 0. The van der Waals surface area contributed by atoms with Crippen LogP contribution in [0.1, 0.15) is 72.9 Å². The molecule has 4 heteroatoms. The van der Waals surface area contributed by atoms with Crippen molar-refractivity contribution in [2.45, 2.75) is 67.2 Å². The van der Waals surface area contributed by atoms with E-state index in [1.54, 1.807) is 0 Å². The minimum Gasteiger partial charge on any atom is -0.354 e. The van der Waals surface area contributed by atoms with E-state index in [-0.39, 0.29) is 0 Å². The highest BCUT2D eigenvalue weighted by Gasteiger charge is 2.28. The van der Waals surface area contributed by atoms with Crippen molar-refractivity contribution < 1.29 is 0 Å². The Labute approximate surface area is 301 Å². The van der Waals surface area contributed by atoms with Gasteiger partial charge in [0.25, 0.3) is 0 Å². The van der Waals surface area contributed by atoms with E-state index < -0.39 is 15.8 Å². The van der Waals surface area contributed by atoms with Crippen LogP contribution in [0.15, 0.2) is 121 Å². The second-order valence-corrected chi connectivity index (χ2v) is 18.8. The van der Waals surface area contributed by atoms with Gasteiger partial charge in [0.2, 0.25) is 0 Å². The lowest BCUT2D eigenvalue weighted by Gasteiger charge is -2.30. The summed E-state index contributed by atoms with van der Waals surface area (Å²) < 4.78 is 0. The molecule has 2 nitrogen and oxygen atoms in total. The molecule has 0 aromatic heterocycles. The Morgan fingerprint density at radius 3 is 0.860 bits per heavy atom. The third-order valence-electron chi connectivity index (χ3n) is 9.75. The van der Waals surface area contributed by atoms with Crippen LogP contribution in [0.2, 0.25) is 0 Å². The molecular weight excluding hydrogens is 642 g/mol. The van der Waals surface area contributed by atoms with Crippen molar-refractivity contribution in [2.24, 2.45) is 0 Å². The zero-order valence-corrected chi connectivity index (χ0v) is 32.4. The van der Waals surface area contributed by atoms with Crippen molar-refractivity contribution in [3.05, 3.63) is 155 Å². The molecule has 6 aromatic carbocycles. The zero-order valence-electron chi connectivity index (χ0n) is 30.6.